The Labute approximate surface area is 104 Å². The van der Waals surface area contributed by atoms with E-state index in [4.69, 9.17) is 0 Å². The van der Waals surface area contributed by atoms with Gasteiger partial charge < -0.3 is 5.32 Å². The number of hydrogen-bond acceptors (Lipinski definition) is 2. The molecule has 1 saturated heterocycles. The van der Waals surface area contributed by atoms with Crippen molar-refractivity contribution in [1.29, 1.82) is 0 Å². The Hall–Kier alpha value is -0.670. The number of fused-ring (bicyclic) bond motifs is 1. The fourth-order valence-corrected chi connectivity index (χ4v) is 3.01. The van der Waals surface area contributed by atoms with Crippen molar-refractivity contribution < 1.29 is 0 Å². The van der Waals surface area contributed by atoms with Crippen molar-refractivity contribution in [1.82, 2.24) is 10.3 Å². The van der Waals surface area contributed by atoms with Crippen molar-refractivity contribution in [2.75, 3.05) is 13.1 Å². The van der Waals surface area contributed by atoms with E-state index >= 15 is 0 Å². The molecule has 3 heteroatoms. The summed E-state index contributed by atoms with van der Waals surface area (Å²) in [6, 6.07) is 4.18. The predicted molar refractivity (Wildman–Crippen MR) is 69.0 cm³/mol. The number of nitrogens with zero attached hydrogens (tertiary/aromatic N) is 1. The summed E-state index contributed by atoms with van der Waals surface area (Å²) < 4.78 is 0.911. The maximum absolute atomic E-state index is 4.30. The van der Waals surface area contributed by atoms with Crippen LogP contribution >= 0.6 is 15.9 Å². The van der Waals surface area contributed by atoms with Gasteiger partial charge in [0.05, 0.1) is 0 Å². The molecule has 2 nitrogen and oxygen atoms in total. The first-order valence-corrected chi connectivity index (χ1v) is 6.65. The lowest BCUT2D eigenvalue weighted by Gasteiger charge is -2.25. The molecule has 1 aromatic rings. The standard InChI is InChI=1S/C13H15BrN2/c14-13-2-1-10(8-16-13)11-5-9-3-4-15-7-12(9)6-11/h1-2,5,8-9,12,15H,3-4,6-7H2/t9-,12-/m1/s1. The first-order chi connectivity index (χ1) is 7.83. The predicted octanol–water partition coefficient (Wildman–Crippen LogP) is 2.86. The molecule has 84 valence electrons. The average molecular weight is 279 g/mol. The third-order valence-corrected chi connectivity index (χ3v) is 4.13. The van der Waals surface area contributed by atoms with Gasteiger partial charge in [-0.15, -0.1) is 0 Å². The molecule has 1 aliphatic carbocycles. The Kier molecular flexibility index (Phi) is 2.82. The van der Waals surface area contributed by atoms with Crippen molar-refractivity contribution in [3.05, 3.63) is 34.6 Å². The van der Waals surface area contributed by atoms with Crippen molar-refractivity contribution >= 4 is 21.5 Å². The molecule has 1 aliphatic heterocycles. The first-order valence-electron chi connectivity index (χ1n) is 5.86. The Bertz CT molecular complexity index is 410. The number of allylic oxidation sites excluding steroid dienone is 2. The number of nitrogens with one attached hydrogen (secondary N) is 1. The van der Waals surface area contributed by atoms with Gasteiger partial charge in [0, 0.05) is 6.20 Å². The van der Waals surface area contributed by atoms with Crippen LogP contribution in [0, 0.1) is 11.8 Å². The molecule has 0 bridgehead atoms. The number of hydrogen-bond donors (Lipinski definition) is 1. The van der Waals surface area contributed by atoms with Crippen LogP contribution in [0.1, 0.15) is 18.4 Å². The van der Waals surface area contributed by atoms with Gasteiger partial charge in [0.1, 0.15) is 4.60 Å². The maximum Gasteiger partial charge on any atom is 0.106 e. The molecular weight excluding hydrogens is 264 g/mol. The van der Waals surface area contributed by atoms with E-state index in [0.717, 1.165) is 16.4 Å². The molecule has 16 heavy (non-hydrogen) atoms. The monoisotopic (exact) mass is 278 g/mol. The van der Waals surface area contributed by atoms with Crippen molar-refractivity contribution in [2.45, 2.75) is 12.8 Å². The minimum absolute atomic E-state index is 0.792. The molecule has 3 rings (SSSR count). The minimum Gasteiger partial charge on any atom is -0.316 e. The summed E-state index contributed by atoms with van der Waals surface area (Å²) in [6.45, 7) is 2.35. The molecule has 1 fully saturated rings. The topological polar surface area (TPSA) is 24.9 Å². The Morgan fingerprint density at radius 1 is 1.38 bits per heavy atom. The molecule has 0 saturated carbocycles. The molecule has 2 aliphatic rings. The van der Waals surface area contributed by atoms with Gasteiger partial charge in [-0.25, -0.2) is 4.98 Å². The molecule has 1 aromatic heterocycles. The second kappa shape index (κ2) is 4.30. The van der Waals surface area contributed by atoms with E-state index in [0.29, 0.717) is 0 Å². The zero-order valence-corrected chi connectivity index (χ0v) is 10.7. The van der Waals surface area contributed by atoms with Gasteiger partial charge in [-0.05, 0) is 70.9 Å². The van der Waals surface area contributed by atoms with Gasteiger partial charge in [0.15, 0.2) is 0 Å². The van der Waals surface area contributed by atoms with Gasteiger partial charge in [0.25, 0.3) is 0 Å². The van der Waals surface area contributed by atoms with Gasteiger partial charge in [-0.3, -0.25) is 0 Å². The van der Waals surface area contributed by atoms with E-state index < -0.39 is 0 Å². The van der Waals surface area contributed by atoms with Crippen LogP contribution in [0.15, 0.2) is 29.0 Å². The van der Waals surface area contributed by atoms with Gasteiger partial charge >= 0.3 is 0 Å². The summed E-state index contributed by atoms with van der Waals surface area (Å²) in [5, 5.41) is 3.48. The van der Waals surface area contributed by atoms with Crippen LogP contribution in [-0.2, 0) is 0 Å². The van der Waals surface area contributed by atoms with E-state index in [2.05, 4.69) is 38.4 Å². The summed E-state index contributed by atoms with van der Waals surface area (Å²) in [4.78, 5) is 4.30. The molecule has 2 heterocycles. The van der Waals surface area contributed by atoms with Crippen LogP contribution < -0.4 is 5.32 Å². The van der Waals surface area contributed by atoms with E-state index in [-0.39, 0.29) is 0 Å². The van der Waals surface area contributed by atoms with E-state index in [1.807, 2.05) is 12.3 Å². The van der Waals surface area contributed by atoms with Crippen molar-refractivity contribution in [2.24, 2.45) is 11.8 Å². The second-order valence-corrected chi connectivity index (χ2v) is 5.49. The van der Waals surface area contributed by atoms with Crippen LogP contribution in [0.3, 0.4) is 0 Å². The normalized spacial score (nSPS) is 28.7. The fraction of sp³-hybridized carbons (Fsp3) is 0.462. The van der Waals surface area contributed by atoms with Crippen molar-refractivity contribution in [3.63, 3.8) is 0 Å². The molecule has 1 N–H and O–H groups in total. The Morgan fingerprint density at radius 3 is 3.06 bits per heavy atom. The maximum atomic E-state index is 4.30. The van der Waals surface area contributed by atoms with Crippen LogP contribution in [0.5, 0.6) is 0 Å². The Balaban J connectivity index is 1.83. The molecule has 2 atom stereocenters. The van der Waals surface area contributed by atoms with Gasteiger partial charge in [0.2, 0.25) is 0 Å². The quantitative estimate of drug-likeness (QED) is 0.800. The number of rotatable bonds is 1. The third-order valence-electron chi connectivity index (χ3n) is 3.66. The number of pyridine rings is 1. The van der Waals surface area contributed by atoms with E-state index in [1.165, 1.54) is 37.1 Å². The molecule has 0 radical (unpaired) electrons. The SMILES string of the molecule is Brc1ccc(C2=C[C@H]3CCNC[C@H]3C2)cn1. The summed E-state index contributed by atoms with van der Waals surface area (Å²) in [5.74, 6) is 1.60. The molecule has 0 amide bonds. The second-order valence-electron chi connectivity index (χ2n) is 4.68. The third kappa shape index (κ3) is 1.94. The van der Waals surface area contributed by atoms with Crippen LogP contribution in [0.4, 0.5) is 0 Å². The highest BCUT2D eigenvalue weighted by atomic mass is 79.9. The largest absolute Gasteiger partial charge is 0.316 e. The van der Waals surface area contributed by atoms with E-state index in [9.17, 15) is 0 Å². The summed E-state index contributed by atoms with van der Waals surface area (Å²) >= 11 is 3.37. The number of piperidine rings is 1. The molecule has 0 unspecified atom stereocenters. The molecule has 0 spiro atoms. The highest BCUT2D eigenvalue weighted by Crippen LogP contribution is 2.38. The van der Waals surface area contributed by atoms with E-state index in [1.54, 1.807) is 0 Å². The van der Waals surface area contributed by atoms with Crippen LogP contribution in [-0.4, -0.2) is 18.1 Å². The lowest BCUT2D eigenvalue weighted by Crippen LogP contribution is -2.33. The lowest BCUT2D eigenvalue weighted by atomic mass is 9.89. The summed E-state index contributed by atoms with van der Waals surface area (Å²) in [6.07, 6.45) is 6.94. The number of aromatic nitrogens is 1. The molecule has 0 aromatic carbocycles. The zero-order chi connectivity index (χ0) is 11.0. The van der Waals surface area contributed by atoms with Gasteiger partial charge in [-0.1, -0.05) is 12.1 Å². The molecular formula is C13H15BrN2. The Morgan fingerprint density at radius 2 is 2.31 bits per heavy atom. The van der Waals surface area contributed by atoms with Crippen LogP contribution in [0.2, 0.25) is 0 Å². The van der Waals surface area contributed by atoms with Gasteiger partial charge in [-0.2, -0.15) is 0 Å². The van der Waals surface area contributed by atoms with Crippen LogP contribution in [0.25, 0.3) is 5.57 Å². The highest BCUT2D eigenvalue weighted by molar-refractivity contribution is 9.10. The zero-order valence-electron chi connectivity index (χ0n) is 9.12. The summed E-state index contributed by atoms with van der Waals surface area (Å²) in [5.41, 5.74) is 2.77. The highest BCUT2D eigenvalue weighted by Gasteiger charge is 2.29. The minimum atomic E-state index is 0.792. The van der Waals surface area contributed by atoms with Crippen molar-refractivity contribution in [3.8, 4) is 0 Å². The lowest BCUT2D eigenvalue weighted by molar-refractivity contribution is 0.324. The fourth-order valence-electron chi connectivity index (χ4n) is 2.77. The average Bonchev–Trinajstić information content (AvgIpc) is 2.73. The summed E-state index contributed by atoms with van der Waals surface area (Å²) in [7, 11) is 0. The smallest absolute Gasteiger partial charge is 0.106 e. The first kappa shape index (κ1) is 10.5. The number of halogens is 1.